The number of aliphatic hydroxyl groups excluding tert-OH is 1. The first-order chi connectivity index (χ1) is 6.09. The standard InChI is InChI=1S/C6H14O.C5H9N/c1-5(2)6(3)4-7;1-2-3-4-5-6/h5-7H,4H2,1-3H3;2-4H2,1H3. The Morgan fingerprint density at radius 2 is 1.85 bits per heavy atom. The van der Waals surface area contributed by atoms with Crippen LogP contribution >= 0.6 is 0 Å². The zero-order valence-electron chi connectivity index (χ0n) is 9.38. The van der Waals surface area contributed by atoms with Crippen molar-refractivity contribution in [3.05, 3.63) is 0 Å². The van der Waals surface area contributed by atoms with Gasteiger partial charge in [-0.1, -0.05) is 34.1 Å². The summed E-state index contributed by atoms with van der Waals surface area (Å²) in [4.78, 5) is 0. The highest BCUT2D eigenvalue weighted by molar-refractivity contribution is 4.66. The van der Waals surface area contributed by atoms with Gasteiger partial charge in [-0.05, 0) is 18.3 Å². The molecule has 0 heterocycles. The van der Waals surface area contributed by atoms with E-state index in [2.05, 4.69) is 26.8 Å². The summed E-state index contributed by atoms with van der Waals surface area (Å²) in [5, 5.41) is 16.5. The first-order valence-electron chi connectivity index (χ1n) is 5.07. The smallest absolute Gasteiger partial charge is 0.0621 e. The molecule has 0 aliphatic heterocycles. The summed E-state index contributed by atoms with van der Waals surface area (Å²) in [5.41, 5.74) is 0. The number of hydrogen-bond acceptors (Lipinski definition) is 2. The zero-order chi connectivity index (χ0) is 10.7. The summed E-state index contributed by atoms with van der Waals surface area (Å²) in [6.07, 6.45) is 2.90. The molecule has 0 aromatic heterocycles. The average Bonchev–Trinajstić information content (AvgIpc) is 2.14. The molecular weight excluding hydrogens is 162 g/mol. The highest BCUT2D eigenvalue weighted by atomic mass is 16.3. The molecule has 2 heteroatoms. The van der Waals surface area contributed by atoms with Crippen LogP contribution < -0.4 is 0 Å². The van der Waals surface area contributed by atoms with E-state index in [1.807, 2.05) is 6.92 Å². The molecule has 0 spiro atoms. The summed E-state index contributed by atoms with van der Waals surface area (Å²) in [6.45, 7) is 8.67. The predicted molar refractivity (Wildman–Crippen MR) is 56.2 cm³/mol. The fourth-order valence-electron chi connectivity index (χ4n) is 0.467. The molecule has 0 fully saturated rings. The van der Waals surface area contributed by atoms with Crippen LogP contribution in [-0.2, 0) is 0 Å². The maximum absolute atomic E-state index is 8.51. The van der Waals surface area contributed by atoms with Crippen molar-refractivity contribution in [2.24, 2.45) is 11.8 Å². The fourth-order valence-corrected chi connectivity index (χ4v) is 0.467. The molecule has 0 radical (unpaired) electrons. The van der Waals surface area contributed by atoms with Crippen LogP contribution in [0.25, 0.3) is 0 Å². The van der Waals surface area contributed by atoms with E-state index in [4.69, 9.17) is 10.4 Å². The molecule has 78 valence electrons. The topological polar surface area (TPSA) is 44.0 Å². The SMILES string of the molecule is CC(C)C(C)CO.CCCCC#N. The molecule has 13 heavy (non-hydrogen) atoms. The third-order valence-corrected chi connectivity index (χ3v) is 2.07. The first-order valence-corrected chi connectivity index (χ1v) is 5.07. The van der Waals surface area contributed by atoms with Gasteiger partial charge in [-0.15, -0.1) is 0 Å². The molecule has 0 amide bonds. The lowest BCUT2D eigenvalue weighted by molar-refractivity contribution is 0.203. The summed E-state index contributed by atoms with van der Waals surface area (Å²) in [5.74, 6) is 1.07. The van der Waals surface area contributed by atoms with Crippen LogP contribution in [0.1, 0.15) is 47.0 Å². The van der Waals surface area contributed by atoms with Crippen molar-refractivity contribution in [1.82, 2.24) is 0 Å². The van der Waals surface area contributed by atoms with Crippen LogP contribution in [0, 0.1) is 23.2 Å². The van der Waals surface area contributed by atoms with E-state index in [0.717, 1.165) is 19.3 Å². The van der Waals surface area contributed by atoms with E-state index in [1.54, 1.807) is 0 Å². The number of aliphatic hydroxyl groups is 1. The lowest BCUT2D eigenvalue weighted by Crippen LogP contribution is -2.07. The number of nitrogens with zero attached hydrogens (tertiary/aromatic N) is 1. The molecule has 0 saturated carbocycles. The lowest BCUT2D eigenvalue weighted by Gasteiger charge is -2.09. The summed E-state index contributed by atoms with van der Waals surface area (Å²) in [7, 11) is 0. The molecule has 0 aromatic rings. The Balaban J connectivity index is 0. The van der Waals surface area contributed by atoms with Gasteiger partial charge in [-0.3, -0.25) is 0 Å². The Hall–Kier alpha value is -0.550. The van der Waals surface area contributed by atoms with Crippen molar-refractivity contribution in [2.75, 3.05) is 6.61 Å². The van der Waals surface area contributed by atoms with E-state index in [0.29, 0.717) is 18.4 Å². The zero-order valence-corrected chi connectivity index (χ0v) is 9.38. The Labute approximate surface area is 82.6 Å². The van der Waals surface area contributed by atoms with Crippen LogP contribution in [0.3, 0.4) is 0 Å². The molecule has 0 aliphatic carbocycles. The lowest BCUT2D eigenvalue weighted by atomic mass is 10.00. The average molecular weight is 185 g/mol. The summed E-state index contributed by atoms with van der Waals surface area (Å²) < 4.78 is 0. The van der Waals surface area contributed by atoms with Crippen molar-refractivity contribution in [3.63, 3.8) is 0 Å². The second kappa shape index (κ2) is 11.4. The predicted octanol–water partition coefficient (Wildman–Crippen LogP) is 2.97. The Morgan fingerprint density at radius 3 is 1.92 bits per heavy atom. The van der Waals surface area contributed by atoms with E-state index in [-0.39, 0.29) is 0 Å². The van der Waals surface area contributed by atoms with E-state index < -0.39 is 0 Å². The van der Waals surface area contributed by atoms with Crippen molar-refractivity contribution in [1.29, 1.82) is 5.26 Å². The summed E-state index contributed by atoms with van der Waals surface area (Å²) >= 11 is 0. The van der Waals surface area contributed by atoms with Crippen molar-refractivity contribution in [2.45, 2.75) is 47.0 Å². The molecule has 0 saturated heterocycles. The highest BCUT2D eigenvalue weighted by Gasteiger charge is 2.02. The Kier molecular flexibility index (Phi) is 13.2. The maximum atomic E-state index is 8.51. The Bertz CT molecular complexity index is 127. The van der Waals surface area contributed by atoms with Crippen LogP contribution in [0.5, 0.6) is 0 Å². The molecule has 2 nitrogen and oxygen atoms in total. The number of hydrogen-bond donors (Lipinski definition) is 1. The number of rotatable bonds is 4. The largest absolute Gasteiger partial charge is 0.396 e. The molecule has 1 unspecified atom stereocenters. The molecule has 0 bridgehead atoms. The van der Waals surface area contributed by atoms with Gasteiger partial charge in [0.1, 0.15) is 0 Å². The van der Waals surface area contributed by atoms with E-state index >= 15 is 0 Å². The van der Waals surface area contributed by atoms with Crippen molar-refractivity contribution >= 4 is 0 Å². The second-order valence-corrected chi connectivity index (χ2v) is 3.67. The highest BCUT2D eigenvalue weighted by Crippen LogP contribution is 2.06. The van der Waals surface area contributed by atoms with Gasteiger partial charge in [0, 0.05) is 13.0 Å². The molecular formula is C11H23NO. The minimum Gasteiger partial charge on any atom is -0.396 e. The second-order valence-electron chi connectivity index (χ2n) is 3.67. The van der Waals surface area contributed by atoms with Crippen molar-refractivity contribution < 1.29 is 5.11 Å². The van der Waals surface area contributed by atoms with Crippen LogP contribution in [-0.4, -0.2) is 11.7 Å². The molecule has 0 aromatic carbocycles. The van der Waals surface area contributed by atoms with Gasteiger partial charge in [-0.2, -0.15) is 5.26 Å². The molecule has 1 atom stereocenters. The van der Waals surface area contributed by atoms with Gasteiger partial charge in [0.15, 0.2) is 0 Å². The normalized spacial score (nSPS) is 11.5. The minimum absolute atomic E-state index is 0.317. The van der Waals surface area contributed by atoms with Gasteiger partial charge in [0.05, 0.1) is 6.07 Å². The van der Waals surface area contributed by atoms with Gasteiger partial charge in [0.25, 0.3) is 0 Å². The third kappa shape index (κ3) is 14.3. The quantitative estimate of drug-likeness (QED) is 0.684. The fraction of sp³-hybridized carbons (Fsp3) is 0.909. The molecule has 0 aliphatic rings. The minimum atomic E-state index is 0.317. The van der Waals surface area contributed by atoms with Gasteiger partial charge < -0.3 is 5.11 Å². The van der Waals surface area contributed by atoms with Crippen LogP contribution in [0.15, 0.2) is 0 Å². The number of nitriles is 1. The van der Waals surface area contributed by atoms with E-state index in [9.17, 15) is 0 Å². The van der Waals surface area contributed by atoms with Gasteiger partial charge in [0.2, 0.25) is 0 Å². The van der Waals surface area contributed by atoms with Gasteiger partial charge >= 0.3 is 0 Å². The first kappa shape index (κ1) is 14.9. The number of unbranched alkanes of at least 4 members (excludes halogenated alkanes) is 2. The third-order valence-electron chi connectivity index (χ3n) is 2.07. The van der Waals surface area contributed by atoms with Crippen molar-refractivity contribution in [3.8, 4) is 6.07 Å². The maximum Gasteiger partial charge on any atom is 0.0621 e. The monoisotopic (exact) mass is 185 g/mol. The van der Waals surface area contributed by atoms with Crippen LogP contribution in [0.4, 0.5) is 0 Å². The Morgan fingerprint density at radius 1 is 1.31 bits per heavy atom. The summed E-state index contributed by atoms with van der Waals surface area (Å²) in [6, 6.07) is 2.07. The van der Waals surface area contributed by atoms with E-state index in [1.165, 1.54) is 0 Å². The molecule has 0 rings (SSSR count). The van der Waals surface area contributed by atoms with Gasteiger partial charge in [-0.25, -0.2) is 0 Å². The van der Waals surface area contributed by atoms with Crippen LogP contribution in [0.2, 0.25) is 0 Å². The molecule has 1 N–H and O–H groups in total.